The molecule has 0 unspecified atom stereocenters. The summed E-state index contributed by atoms with van der Waals surface area (Å²) in [7, 11) is 3.17. The van der Waals surface area contributed by atoms with Crippen molar-refractivity contribution in [3.05, 3.63) is 52.0 Å². The highest BCUT2D eigenvalue weighted by Gasteiger charge is 2.08. The maximum atomic E-state index is 12.0. The Labute approximate surface area is 163 Å². The van der Waals surface area contributed by atoms with Crippen molar-refractivity contribution in [3.8, 4) is 17.2 Å². The molecule has 0 aromatic heterocycles. The molecule has 0 radical (unpaired) electrons. The molecule has 1 amide bonds. The molecule has 5 nitrogen and oxygen atoms in total. The zero-order chi connectivity index (χ0) is 18.9. The van der Waals surface area contributed by atoms with Crippen LogP contribution < -0.4 is 19.5 Å². The minimum absolute atomic E-state index is 0.0661. The largest absolute Gasteiger partial charge is 0.497 e. The van der Waals surface area contributed by atoms with Crippen LogP contribution in [0, 0.1) is 0 Å². The molecule has 0 aliphatic heterocycles. The van der Waals surface area contributed by atoms with Gasteiger partial charge in [0.2, 0.25) is 5.91 Å². The van der Waals surface area contributed by atoms with Crippen LogP contribution in [0.3, 0.4) is 0 Å². The highest BCUT2D eigenvalue weighted by atomic mass is 35.5. The Balaban J connectivity index is 1.75. The van der Waals surface area contributed by atoms with Crippen LogP contribution in [0.25, 0.3) is 0 Å². The van der Waals surface area contributed by atoms with Crippen molar-refractivity contribution in [2.45, 2.75) is 19.4 Å². The average Bonchev–Trinajstić information content (AvgIpc) is 2.66. The van der Waals surface area contributed by atoms with Gasteiger partial charge in [-0.25, -0.2) is 0 Å². The van der Waals surface area contributed by atoms with Gasteiger partial charge in [-0.15, -0.1) is 0 Å². The third-order valence-electron chi connectivity index (χ3n) is 3.69. The molecule has 140 valence electrons. The van der Waals surface area contributed by atoms with E-state index in [0.29, 0.717) is 53.3 Å². The Bertz CT molecular complexity index is 752. The maximum absolute atomic E-state index is 12.0. The summed E-state index contributed by atoms with van der Waals surface area (Å²) in [6.07, 6.45) is 0.908. The standard InChI is InChI=1S/C19H21Cl2NO4/c1-24-14-9-8-13(17(11-14)25-2)12-22-18(23)7-4-10-26-16-6-3-5-15(20)19(16)21/h3,5-6,8-9,11H,4,7,10,12H2,1-2H3,(H,22,23). The van der Waals surface area contributed by atoms with E-state index in [-0.39, 0.29) is 5.91 Å². The van der Waals surface area contributed by atoms with Crippen molar-refractivity contribution in [2.75, 3.05) is 20.8 Å². The number of benzene rings is 2. The van der Waals surface area contributed by atoms with E-state index in [9.17, 15) is 4.79 Å². The molecule has 0 saturated carbocycles. The summed E-state index contributed by atoms with van der Waals surface area (Å²) in [5.74, 6) is 1.82. The predicted octanol–water partition coefficient (Wildman–Crippen LogP) is 4.49. The summed E-state index contributed by atoms with van der Waals surface area (Å²) in [4.78, 5) is 12.0. The Morgan fingerprint density at radius 1 is 1.08 bits per heavy atom. The molecule has 0 atom stereocenters. The van der Waals surface area contributed by atoms with Gasteiger partial charge >= 0.3 is 0 Å². The second kappa shape index (κ2) is 10.1. The first-order valence-electron chi connectivity index (χ1n) is 8.09. The number of halogens is 2. The van der Waals surface area contributed by atoms with Gasteiger partial charge in [0, 0.05) is 24.6 Å². The molecule has 0 fully saturated rings. The van der Waals surface area contributed by atoms with Gasteiger partial charge in [-0.3, -0.25) is 4.79 Å². The van der Waals surface area contributed by atoms with Gasteiger partial charge < -0.3 is 19.5 Å². The van der Waals surface area contributed by atoms with E-state index in [2.05, 4.69) is 5.32 Å². The first kappa shape index (κ1) is 20.2. The Morgan fingerprint density at radius 2 is 1.88 bits per heavy atom. The highest BCUT2D eigenvalue weighted by Crippen LogP contribution is 2.31. The maximum Gasteiger partial charge on any atom is 0.220 e. The summed E-state index contributed by atoms with van der Waals surface area (Å²) in [5, 5.41) is 3.69. The number of hydrogen-bond donors (Lipinski definition) is 1. The molecular weight excluding hydrogens is 377 g/mol. The normalized spacial score (nSPS) is 10.3. The molecule has 2 aromatic rings. The van der Waals surface area contributed by atoms with Crippen molar-refractivity contribution < 1.29 is 19.0 Å². The van der Waals surface area contributed by atoms with E-state index >= 15 is 0 Å². The zero-order valence-electron chi connectivity index (χ0n) is 14.7. The minimum Gasteiger partial charge on any atom is -0.497 e. The van der Waals surface area contributed by atoms with Gasteiger partial charge in [-0.05, 0) is 30.7 Å². The van der Waals surface area contributed by atoms with Crippen LogP contribution >= 0.6 is 23.2 Å². The van der Waals surface area contributed by atoms with Crippen LogP contribution in [0.4, 0.5) is 0 Å². The van der Waals surface area contributed by atoms with Crippen LogP contribution in [0.1, 0.15) is 18.4 Å². The summed E-state index contributed by atoms with van der Waals surface area (Å²) in [6.45, 7) is 0.756. The van der Waals surface area contributed by atoms with E-state index in [1.807, 2.05) is 12.1 Å². The molecule has 0 aliphatic rings. The lowest BCUT2D eigenvalue weighted by Crippen LogP contribution is -2.23. The Kier molecular flexibility index (Phi) is 7.88. The third kappa shape index (κ3) is 5.71. The first-order valence-corrected chi connectivity index (χ1v) is 8.85. The van der Waals surface area contributed by atoms with Crippen molar-refractivity contribution >= 4 is 29.1 Å². The van der Waals surface area contributed by atoms with E-state index in [4.69, 9.17) is 37.4 Å². The van der Waals surface area contributed by atoms with Gasteiger partial charge in [0.25, 0.3) is 0 Å². The Hall–Kier alpha value is -2.11. The van der Waals surface area contributed by atoms with Crippen LogP contribution in [0.15, 0.2) is 36.4 Å². The third-order valence-corrected chi connectivity index (χ3v) is 4.49. The molecule has 0 bridgehead atoms. The zero-order valence-corrected chi connectivity index (χ0v) is 16.2. The molecule has 0 heterocycles. The molecule has 0 aliphatic carbocycles. The van der Waals surface area contributed by atoms with Crippen molar-refractivity contribution in [3.63, 3.8) is 0 Å². The fourth-order valence-corrected chi connectivity index (χ4v) is 2.64. The van der Waals surface area contributed by atoms with E-state index < -0.39 is 0 Å². The molecule has 2 aromatic carbocycles. The van der Waals surface area contributed by atoms with Crippen molar-refractivity contribution in [1.82, 2.24) is 5.32 Å². The van der Waals surface area contributed by atoms with E-state index in [1.165, 1.54) is 0 Å². The molecule has 0 spiro atoms. The van der Waals surface area contributed by atoms with Crippen LogP contribution in [0.2, 0.25) is 10.0 Å². The number of rotatable bonds is 9. The van der Waals surface area contributed by atoms with Gasteiger partial charge in [0.05, 0.1) is 25.8 Å². The second-order valence-corrected chi connectivity index (χ2v) is 6.24. The summed E-state index contributed by atoms with van der Waals surface area (Å²) in [5.41, 5.74) is 0.878. The topological polar surface area (TPSA) is 56.8 Å². The summed E-state index contributed by atoms with van der Waals surface area (Å²) < 4.78 is 16.0. The van der Waals surface area contributed by atoms with Gasteiger partial charge in [0.15, 0.2) is 0 Å². The highest BCUT2D eigenvalue weighted by molar-refractivity contribution is 6.42. The minimum atomic E-state index is -0.0661. The van der Waals surface area contributed by atoms with E-state index in [0.717, 1.165) is 5.56 Å². The smallest absolute Gasteiger partial charge is 0.220 e. The summed E-state index contributed by atoms with van der Waals surface area (Å²) >= 11 is 12.0. The molecule has 0 saturated heterocycles. The monoisotopic (exact) mass is 397 g/mol. The lowest BCUT2D eigenvalue weighted by Gasteiger charge is -2.12. The number of carbonyl (C=O) groups is 1. The lowest BCUT2D eigenvalue weighted by molar-refractivity contribution is -0.121. The molecular formula is C19H21Cl2NO4. The number of amides is 1. The Morgan fingerprint density at radius 3 is 2.62 bits per heavy atom. The van der Waals surface area contributed by atoms with Crippen LogP contribution in [-0.4, -0.2) is 26.7 Å². The number of methoxy groups -OCH3 is 2. The number of hydrogen-bond acceptors (Lipinski definition) is 4. The molecule has 26 heavy (non-hydrogen) atoms. The van der Waals surface area contributed by atoms with Gasteiger partial charge in [-0.1, -0.05) is 29.3 Å². The van der Waals surface area contributed by atoms with Crippen LogP contribution in [-0.2, 0) is 11.3 Å². The quantitative estimate of drug-likeness (QED) is 0.633. The average molecular weight is 398 g/mol. The number of nitrogens with one attached hydrogen (secondary N) is 1. The number of ether oxygens (including phenoxy) is 3. The number of carbonyl (C=O) groups excluding carboxylic acids is 1. The lowest BCUT2D eigenvalue weighted by atomic mass is 10.2. The van der Waals surface area contributed by atoms with Crippen LogP contribution in [0.5, 0.6) is 17.2 Å². The second-order valence-electron chi connectivity index (χ2n) is 5.46. The molecule has 2 rings (SSSR count). The molecule has 1 N–H and O–H groups in total. The SMILES string of the molecule is COc1ccc(CNC(=O)CCCOc2cccc(Cl)c2Cl)c(OC)c1. The van der Waals surface area contributed by atoms with Gasteiger partial charge in [-0.2, -0.15) is 0 Å². The first-order chi connectivity index (χ1) is 12.5. The fourth-order valence-electron chi connectivity index (χ4n) is 2.29. The van der Waals surface area contributed by atoms with Crippen molar-refractivity contribution in [2.24, 2.45) is 0 Å². The van der Waals surface area contributed by atoms with E-state index in [1.54, 1.807) is 38.5 Å². The molecule has 7 heteroatoms. The van der Waals surface area contributed by atoms with Gasteiger partial charge in [0.1, 0.15) is 22.3 Å². The predicted molar refractivity (Wildman–Crippen MR) is 103 cm³/mol. The fraction of sp³-hybridized carbons (Fsp3) is 0.316. The summed E-state index contributed by atoms with van der Waals surface area (Å²) in [6, 6.07) is 10.7. The van der Waals surface area contributed by atoms with Crippen molar-refractivity contribution in [1.29, 1.82) is 0 Å².